The van der Waals surface area contributed by atoms with Crippen LogP contribution in [0.1, 0.15) is 28.4 Å². The number of carbonyl (C=O) groups excluding carboxylic acids is 2. The number of carbonyl (C=O) groups is 2. The average molecular weight is 383 g/mol. The first-order valence-corrected chi connectivity index (χ1v) is 9.15. The van der Waals surface area contributed by atoms with Gasteiger partial charge in [0.25, 0.3) is 5.91 Å². The van der Waals surface area contributed by atoms with Crippen molar-refractivity contribution in [3.63, 3.8) is 0 Å². The van der Waals surface area contributed by atoms with Gasteiger partial charge in [-0.3, -0.25) is 4.79 Å². The van der Waals surface area contributed by atoms with Gasteiger partial charge in [0.2, 0.25) is 0 Å². The fourth-order valence-electron chi connectivity index (χ4n) is 2.71. The third-order valence-electron chi connectivity index (χ3n) is 4.25. The zero-order chi connectivity index (χ0) is 20.6. The predicted molar refractivity (Wildman–Crippen MR) is 117 cm³/mol. The summed E-state index contributed by atoms with van der Waals surface area (Å²) in [7, 11) is 0. The highest BCUT2D eigenvalue weighted by Gasteiger charge is 2.12. The number of amides is 1. The first-order valence-electron chi connectivity index (χ1n) is 9.15. The number of hydrogen-bond acceptors (Lipinski definition) is 3. The molecule has 0 aliphatic heterocycles. The van der Waals surface area contributed by atoms with Crippen LogP contribution in [-0.4, -0.2) is 11.9 Å². The molecule has 0 aliphatic rings. The molecule has 29 heavy (non-hydrogen) atoms. The largest absolute Gasteiger partial charge is 0.423 e. The molecule has 0 heterocycles. The molecule has 0 saturated carbocycles. The standard InChI is InChI=1S/C25H21NO3/c1-3-20-14-15-22(29-25(28)21-12-8-5-9-13-21)17-23(20)26-24(27)18(2)16-19-10-6-4-7-11-19/h3-17H,1H2,2H3,(H,26,27)/b18-16+. The lowest BCUT2D eigenvalue weighted by molar-refractivity contribution is -0.112. The maximum Gasteiger partial charge on any atom is 0.343 e. The Hall–Kier alpha value is -3.92. The van der Waals surface area contributed by atoms with Gasteiger partial charge in [-0.05, 0) is 48.4 Å². The Balaban J connectivity index is 1.78. The molecule has 3 rings (SSSR count). The lowest BCUT2D eigenvalue weighted by atomic mass is 10.1. The van der Waals surface area contributed by atoms with Gasteiger partial charge >= 0.3 is 5.97 Å². The van der Waals surface area contributed by atoms with Crippen LogP contribution in [0.5, 0.6) is 5.75 Å². The van der Waals surface area contributed by atoms with Crippen LogP contribution in [-0.2, 0) is 4.79 Å². The normalized spacial score (nSPS) is 10.9. The molecule has 0 saturated heterocycles. The Bertz CT molecular complexity index is 1050. The highest BCUT2D eigenvalue weighted by molar-refractivity contribution is 6.07. The second kappa shape index (κ2) is 9.33. The van der Waals surface area contributed by atoms with Crippen molar-refractivity contribution in [3.05, 3.63) is 108 Å². The molecule has 1 amide bonds. The number of nitrogens with one attached hydrogen (secondary N) is 1. The van der Waals surface area contributed by atoms with Gasteiger partial charge in [-0.1, -0.05) is 61.2 Å². The van der Waals surface area contributed by atoms with E-state index in [4.69, 9.17) is 4.74 Å². The molecule has 0 spiro atoms. The van der Waals surface area contributed by atoms with Crippen molar-refractivity contribution < 1.29 is 14.3 Å². The van der Waals surface area contributed by atoms with Gasteiger partial charge in [-0.2, -0.15) is 0 Å². The third kappa shape index (κ3) is 5.30. The monoisotopic (exact) mass is 383 g/mol. The van der Waals surface area contributed by atoms with Crippen LogP contribution in [0.4, 0.5) is 5.69 Å². The molecule has 144 valence electrons. The summed E-state index contributed by atoms with van der Waals surface area (Å²) in [6.45, 7) is 5.52. The molecule has 1 N–H and O–H groups in total. The molecule has 0 fully saturated rings. The highest BCUT2D eigenvalue weighted by Crippen LogP contribution is 2.25. The Kier molecular flexibility index (Phi) is 6.38. The summed E-state index contributed by atoms with van der Waals surface area (Å²) in [6, 6.07) is 23.4. The minimum absolute atomic E-state index is 0.247. The molecule has 0 radical (unpaired) electrons. The van der Waals surface area contributed by atoms with Crippen molar-refractivity contribution in [2.45, 2.75) is 6.92 Å². The summed E-state index contributed by atoms with van der Waals surface area (Å²) in [5.41, 5.74) is 3.19. The lowest BCUT2D eigenvalue weighted by Gasteiger charge is -2.12. The van der Waals surface area contributed by atoms with Gasteiger partial charge in [0.15, 0.2) is 0 Å². The molecule has 0 aromatic heterocycles. The van der Waals surface area contributed by atoms with Crippen LogP contribution in [0.3, 0.4) is 0 Å². The summed E-state index contributed by atoms with van der Waals surface area (Å²) in [5, 5.41) is 2.87. The van der Waals surface area contributed by atoms with Gasteiger partial charge in [0.1, 0.15) is 5.75 Å². The van der Waals surface area contributed by atoms with Gasteiger partial charge in [0.05, 0.1) is 11.3 Å². The topological polar surface area (TPSA) is 55.4 Å². The number of anilines is 1. The SMILES string of the molecule is C=Cc1ccc(OC(=O)c2ccccc2)cc1NC(=O)/C(C)=C/c1ccccc1. The maximum absolute atomic E-state index is 12.6. The second-order valence-corrected chi connectivity index (χ2v) is 6.40. The van der Waals surface area contributed by atoms with E-state index < -0.39 is 5.97 Å². The average Bonchev–Trinajstić information content (AvgIpc) is 2.75. The molecular formula is C25H21NO3. The second-order valence-electron chi connectivity index (χ2n) is 6.40. The van der Waals surface area contributed by atoms with Crippen molar-refractivity contribution in [3.8, 4) is 5.75 Å². The van der Waals surface area contributed by atoms with Crippen LogP contribution in [0.15, 0.2) is 91.0 Å². The quantitative estimate of drug-likeness (QED) is 0.343. The number of benzene rings is 3. The van der Waals surface area contributed by atoms with Crippen LogP contribution in [0, 0.1) is 0 Å². The summed E-state index contributed by atoms with van der Waals surface area (Å²) >= 11 is 0. The van der Waals surface area contributed by atoms with Crippen LogP contribution < -0.4 is 10.1 Å². The summed E-state index contributed by atoms with van der Waals surface area (Å²) in [4.78, 5) is 24.9. The summed E-state index contributed by atoms with van der Waals surface area (Å²) in [6.07, 6.45) is 3.44. The maximum atomic E-state index is 12.6. The Morgan fingerprint density at radius 2 is 1.59 bits per heavy atom. The van der Waals surface area contributed by atoms with E-state index in [1.165, 1.54) is 0 Å². The minimum Gasteiger partial charge on any atom is -0.423 e. The minimum atomic E-state index is -0.464. The first-order chi connectivity index (χ1) is 14.1. The van der Waals surface area contributed by atoms with E-state index in [1.807, 2.05) is 42.5 Å². The molecule has 3 aromatic carbocycles. The molecule has 0 atom stereocenters. The number of ether oxygens (including phenoxy) is 1. The number of rotatable bonds is 6. The van der Waals surface area contributed by atoms with E-state index >= 15 is 0 Å². The lowest BCUT2D eigenvalue weighted by Crippen LogP contribution is -2.14. The molecule has 4 heteroatoms. The van der Waals surface area contributed by atoms with Crippen LogP contribution >= 0.6 is 0 Å². The Morgan fingerprint density at radius 1 is 0.931 bits per heavy atom. The summed E-state index contributed by atoms with van der Waals surface area (Å²) in [5.74, 6) is -0.373. The van der Waals surface area contributed by atoms with E-state index in [1.54, 1.807) is 55.5 Å². The molecular weight excluding hydrogens is 362 g/mol. The van der Waals surface area contributed by atoms with E-state index in [0.717, 1.165) is 11.1 Å². The van der Waals surface area contributed by atoms with E-state index in [0.29, 0.717) is 22.6 Å². The first kappa shape index (κ1) is 19.8. The van der Waals surface area contributed by atoms with Gasteiger partial charge in [-0.15, -0.1) is 0 Å². The molecule has 3 aromatic rings. The molecule has 0 bridgehead atoms. The van der Waals surface area contributed by atoms with Crippen LogP contribution in [0.25, 0.3) is 12.2 Å². The Labute approximate surface area is 170 Å². The van der Waals surface area contributed by atoms with Crippen molar-refractivity contribution in [2.75, 3.05) is 5.32 Å². The van der Waals surface area contributed by atoms with Gasteiger partial charge in [0, 0.05) is 11.6 Å². The van der Waals surface area contributed by atoms with E-state index in [9.17, 15) is 9.59 Å². The molecule has 0 unspecified atom stereocenters. The smallest absolute Gasteiger partial charge is 0.343 e. The third-order valence-corrected chi connectivity index (χ3v) is 4.25. The van der Waals surface area contributed by atoms with Gasteiger partial charge < -0.3 is 10.1 Å². The number of hydrogen-bond donors (Lipinski definition) is 1. The fourth-order valence-corrected chi connectivity index (χ4v) is 2.71. The Morgan fingerprint density at radius 3 is 2.24 bits per heavy atom. The predicted octanol–water partition coefficient (Wildman–Crippen LogP) is 5.59. The zero-order valence-electron chi connectivity index (χ0n) is 16.1. The van der Waals surface area contributed by atoms with E-state index in [2.05, 4.69) is 11.9 Å². The van der Waals surface area contributed by atoms with Crippen molar-refractivity contribution in [1.82, 2.24) is 0 Å². The van der Waals surface area contributed by atoms with Crippen LogP contribution in [0.2, 0.25) is 0 Å². The van der Waals surface area contributed by atoms with Crippen molar-refractivity contribution >= 4 is 29.7 Å². The van der Waals surface area contributed by atoms with E-state index in [-0.39, 0.29) is 5.91 Å². The molecule has 4 nitrogen and oxygen atoms in total. The van der Waals surface area contributed by atoms with Crippen molar-refractivity contribution in [1.29, 1.82) is 0 Å². The van der Waals surface area contributed by atoms with Gasteiger partial charge in [-0.25, -0.2) is 4.79 Å². The zero-order valence-corrected chi connectivity index (χ0v) is 16.1. The fraction of sp³-hybridized carbons (Fsp3) is 0.0400. The highest BCUT2D eigenvalue weighted by atomic mass is 16.5. The molecule has 0 aliphatic carbocycles. The number of esters is 1. The summed E-state index contributed by atoms with van der Waals surface area (Å²) < 4.78 is 5.44. The van der Waals surface area contributed by atoms with Crippen molar-refractivity contribution in [2.24, 2.45) is 0 Å².